The number of methoxy groups -OCH3 is 1. The number of nitrogens with zero attached hydrogens (tertiary/aromatic N) is 2. The molecule has 0 radical (unpaired) electrons. The Balaban J connectivity index is 3.25. The second-order valence-electron chi connectivity index (χ2n) is 3.70. The van der Waals surface area contributed by atoms with Gasteiger partial charge in [0.1, 0.15) is 10.6 Å². The summed E-state index contributed by atoms with van der Waals surface area (Å²) in [5.74, 6) is 0.290. The van der Waals surface area contributed by atoms with Crippen molar-refractivity contribution < 1.29 is 13.2 Å². The minimum atomic E-state index is -3.66. The van der Waals surface area contributed by atoms with Gasteiger partial charge in [-0.1, -0.05) is 22.9 Å². The van der Waals surface area contributed by atoms with Crippen LogP contribution in [0, 0.1) is 11.3 Å². The summed E-state index contributed by atoms with van der Waals surface area (Å²) in [6, 6.07) is 6.76. The summed E-state index contributed by atoms with van der Waals surface area (Å²) in [6.07, 6.45) is 0.156. The van der Waals surface area contributed by atoms with Crippen molar-refractivity contribution in [3.05, 3.63) is 22.7 Å². The monoisotopic (exact) mass is 346 g/mol. The van der Waals surface area contributed by atoms with Crippen LogP contribution in [0.1, 0.15) is 13.3 Å². The van der Waals surface area contributed by atoms with E-state index in [1.165, 1.54) is 17.5 Å². The van der Waals surface area contributed by atoms with Crippen LogP contribution in [-0.2, 0) is 10.0 Å². The second-order valence-corrected chi connectivity index (χ2v) is 6.52. The molecule has 0 saturated carbocycles. The fourth-order valence-corrected chi connectivity index (χ4v) is 3.76. The molecule has 0 spiro atoms. The highest BCUT2D eigenvalue weighted by Gasteiger charge is 2.26. The molecule has 0 unspecified atom stereocenters. The van der Waals surface area contributed by atoms with Crippen molar-refractivity contribution in [2.45, 2.75) is 18.2 Å². The standard InChI is InChI=1S/C12H15BrN2O3S/c1-3-15(8-4-7-14)19(16,17)12-9-10(13)5-6-11(12)18-2/h5-6,9H,3-4,8H2,1-2H3. The van der Waals surface area contributed by atoms with Gasteiger partial charge >= 0.3 is 0 Å². The van der Waals surface area contributed by atoms with Gasteiger partial charge in [-0.25, -0.2) is 8.42 Å². The molecule has 104 valence electrons. The summed E-state index contributed by atoms with van der Waals surface area (Å²) in [4.78, 5) is 0.101. The smallest absolute Gasteiger partial charge is 0.246 e. The predicted molar refractivity (Wildman–Crippen MR) is 75.4 cm³/mol. The molecule has 0 aliphatic heterocycles. The van der Waals surface area contributed by atoms with Gasteiger partial charge < -0.3 is 4.74 Å². The minimum Gasteiger partial charge on any atom is -0.495 e. The zero-order valence-electron chi connectivity index (χ0n) is 10.8. The number of nitriles is 1. The number of halogens is 1. The molecule has 1 aromatic carbocycles. The number of sulfonamides is 1. The number of rotatable bonds is 6. The topological polar surface area (TPSA) is 70.4 Å². The van der Waals surface area contributed by atoms with Crippen LogP contribution in [0.25, 0.3) is 0 Å². The Bertz CT molecular complexity index is 581. The first-order valence-corrected chi connectivity index (χ1v) is 7.91. The van der Waals surface area contributed by atoms with Crippen LogP contribution < -0.4 is 4.74 Å². The van der Waals surface area contributed by atoms with Gasteiger partial charge in [0.05, 0.1) is 13.2 Å². The largest absolute Gasteiger partial charge is 0.495 e. The highest BCUT2D eigenvalue weighted by Crippen LogP contribution is 2.29. The number of hydrogen-bond acceptors (Lipinski definition) is 4. The zero-order valence-corrected chi connectivity index (χ0v) is 13.2. The summed E-state index contributed by atoms with van der Waals surface area (Å²) in [5.41, 5.74) is 0. The van der Waals surface area contributed by atoms with E-state index >= 15 is 0 Å². The fraction of sp³-hybridized carbons (Fsp3) is 0.417. The van der Waals surface area contributed by atoms with Gasteiger partial charge in [0.2, 0.25) is 10.0 Å². The average molecular weight is 347 g/mol. The van der Waals surface area contributed by atoms with Gasteiger partial charge in [-0.2, -0.15) is 9.57 Å². The first-order valence-electron chi connectivity index (χ1n) is 5.68. The molecule has 1 aromatic rings. The highest BCUT2D eigenvalue weighted by molar-refractivity contribution is 9.10. The van der Waals surface area contributed by atoms with Crippen LogP contribution in [0.2, 0.25) is 0 Å². The third-order valence-electron chi connectivity index (χ3n) is 2.57. The van der Waals surface area contributed by atoms with E-state index in [4.69, 9.17) is 10.00 Å². The molecular weight excluding hydrogens is 332 g/mol. The van der Waals surface area contributed by atoms with Gasteiger partial charge in [-0.05, 0) is 18.2 Å². The molecule has 5 nitrogen and oxygen atoms in total. The third kappa shape index (κ3) is 3.69. The molecule has 7 heteroatoms. The van der Waals surface area contributed by atoms with Crippen molar-refractivity contribution in [3.8, 4) is 11.8 Å². The lowest BCUT2D eigenvalue weighted by atomic mass is 10.3. The lowest BCUT2D eigenvalue weighted by Gasteiger charge is -2.20. The van der Waals surface area contributed by atoms with Gasteiger partial charge in [-0.15, -0.1) is 0 Å². The number of ether oxygens (including phenoxy) is 1. The van der Waals surface area contributed by atoms with Crippen molar-refractivity contribution in [1.82, 2.24) is 4.31 Å². The highest BCUT2D eigenvalue weighted by atomic mass is 79.9. The summed E-state index contributed by atoms with van der Waals surface area (Å²) >= 11 is 3.25. The van der Waals surface area contributed by atoms with Crippen LogP contribution in [0.4, 0.5) is 0 Å². The lowest BCUT2D eigenvalue weighted by Crippen LogP contribution is -2.32. The van der Waals surface area contributed by atoms with Gasteiger partial charge in [0, 0.05) is 24.0 Å². The Hall–Kier alpha value is -1.10. The van der Waals surface area contributed by atoms with Crippen molar-refractivity contribution >= 4 is 26.0 Å². The molecule has 0 bridgehead atoms. The molecule has 0 atom stereocenters. The first kappa shape index (κ1) is 16.0. The fourth-order valence-electron chi connectivity index (χ4n) is 1.61. The Morgan fingerprint density at radius 1 is 1.47 bits per heavy atom. The molecule has 0 aliphatic rings. The normalized spacial score (nSPS) is 11.3. The van der Waals surface area contributed by atoms with Crippen LogP contribution in [-0.4, -0.2) is 32.9 Å². The van der Waals surface area contributed by atoms with Gasteiger partial charge in [0.15, 0.2) is 0 Å². The predicted octanol–water partition coefficient (Wildman–Crippen LogP) is 2.38. The molecule has 0 aromatic heterocycles. The second kappa shape index (κ2) is 6.89. The maximum atomic E-state index is 12.5. The van der Waals surface area contributed by atoms with Crippen molar-refractivity contribution in [2.24, 2.45) is 0 Å². The van der Waals surface area contributed by atoms with Crippen molar-refractivity contribution in [1.29, 1.82) is 5.26 Å². The summed E-state index contributed by atoms with van der Waals surface area (Å²) in [7, 11) is -2.24. The molecule has 0 aliphatic carbocycles. The maximum absolute atomic E-state index is 12.5. The van der Waals surface area contributed by atoms with Crippen LogP contribution >= 0.6 is 15.9 Å². The molecule has 0 N–H and O–H groups in total. The van der Waals surface area contributed by atoms with E-state index in [-0.39, 0.29) is 17.9 Å². The molecular formula is C12H15BrN2O3S. The summed E-state index contributed by atoms with van der Waals surface area (Å²) in [6.45, 7) is 2.21. The molecule has 19 heavy (non-hydrogen) atoms. The van der Waals surface area contributed by atoms with Crippen LogP contribution in [0.5, 0.6) is 5.75 Å². The van der Waals surface area contributed by atoms with Crippen molar-refractivity contribution in [2.75, 3.05) is 20.2 Å². The summed E-state index contributed by atoms with van der Waals surface area (Å²) in [5, 5.41) is 8.59. The van der Waals surface area contributed by atoms with Gasteiger partial charge in [0.25, 0.3) is 0 Å². The van der Waals surface area contributed by atoms with E-state index in [0.717, 1.165) is 0 Å². The lowest BCUT2D eigenvalue weighted by molar-refractivity contribution is 0.394. The molecule has 0 amide bonds. The number of hydrogen-bond donors (Lipinski definition) is 0. The van der Waals surface area contributed by atoms with E-state index < -0.39 is 10.0 Å². The Morgan fingerprint density at radius 3 is 2.68 bits per heavy atom. The van der Waals surface area contributed by atoms with E-state index in [9.17, 15) is 8.42 Å². The average Bonchev–Trinajstić information content (AvgIpc) is 2.39. The quantitative estimate of drug-likeness (QED) is 0.792. The molecule has 0 saturated heterocycles. The van der Waals surface area contributed by atoms with Crippen LogP contribution in [0.15, 0.2) is 27.6 Å². The van der Waals surface area contributed by atoms with Gasteiger partial charge in [-0.3, -0.25) is 0 Å². The van der Waals surface area contributed by atoms with Crippen molar-refractivity contribution in [3.63, 3.8) is 0 Å². The van der Waals surface area contributed by atoms with E-state index in [1.807, 2.05) is 6.07 Å². The van der Waals surface area contributed by atoms with E-state index in [0.29, 0.717) is 16.8 Å². The third-order valence-corrected chi connectivity index (χ3v) is 5.06. The van der Waals surface area contributed by atoms with E-state index in [1.54, 1.807) is 19.1 Å². The summed E-state index contributed by atoms with van der Waals surface area (Å²) < 4.78 is 32.0. The SMILES string of the molecule is CCN(CCC#N)S(=O)(=O)c1cc(Br)ccc1OC. The maximum Gasteiger partial charge on any atom is 0.246 e. The molecule has 0 heterocycles. The molecule has 1 rings (SSSR count). The van der Waals surface area contributed by atoms with E-state index in [2.05, 4.69) is 15.9 Å². The first-order chi connectivity index (χ1) is 8.97. The number of benzene rings is 1. The minimum absolute atomic E-state index is 0.101. The van der Waals surface area contributed by atoms with Crippen LogP contribution in [0.3, 0.4) is 0 Å². The Morgan fingerprint density at radius 2 is 2.16 bits per heavy atom. The Kier molecular flexibility index (Phi) is 5.79. The zero-order chi connectivity index (χ0) is 14.5. The molecule has 0 fully saturated rings. The Labute approximate surface area is 122 Å².